The molecule has 3 aromatic rings. The molecular formula is C21H17ClN2O3S. The second-order valence-electron chi connectivity index (χ2n) is 6.10. The highest BCUT2D eigenvalue weighted by Gasteiger charge is 2.18. The van der Waals surface area contributed by atoms with Crippen molar-refractivity contribution >= 4 is 39.1 Å². The lowest BCUT2D eigenvalue weighted by atomic mass is 10.2. The van der Waals surface area contributed by atoms with Gasteiger partial charge in [-0.1, -0.05) is 17.7 Å². The van der Waals surface area contributed by atoms with Crippen LogP contribution in [0.5, 0.6) is 0 Å². The Morgan fingerprint density at radius 1 is 1.07 bits per heavy atom. The van der Waals surface area contributed by atoms with Crippen molar-refractivity contribution in [3.8, 4) is 0 Å². The van der Waals surface area contributed by atoms with Crippen LogP contribution >= 0.6 is 11.6 Å². The van der Waals surface area contributed by atoms with E-state index in [4.69, 9.17) is 11.6 Å². The second-order valence-corrected chi connectivity index (χ2v) is 8.49. The number of aryl methyl sites for hydroxylation is 1. The molecule has 0 radical (unpaired) electrons. The first-order valence-electron chi connectivity index (χ1n) is 8.36. The first-order chi connectivity index (χ1) is 13.3. The summed E-state index contributed by atoms with van der Waals surface area (Å²) in [6, 6.07) is 14.3. The van der Waals surface area contributed by atoms with Crippen molar-refractivity contribution in [2.24, 2.45) is 0 Å². The minimum absolute atomic E-state index is 0.123. The predicted molar refractivity (Wildman–Crippen MR) is 110 cm³/mol. The zero-order valence-corrected chi connectivity index (χ0v) is 16.5. The van der Waals surface area contributed by atoms with E-state index in [1.165, 1.54) is 24.3 Å². The third-order valence-corrected chi connectivity index (χ3v) is 5.84. The first kappa shape index (κ1) is 19.8. The molecule has 1 aromatic heterocycles. The molecule has 0 atom stereocenters. The minimum atomic E-state index is -3.69. The van der Waals surface area contributed by atoms with Crippen LogP contribution < -0.4 is 5.32 Å². The summed E-state index contributed by atoms with van der Waals surface area (Å²) in [4.78, 5) is 16.2. The van der Waals surface area contributed by atoms with E-state index in [1.54, 1.807) is 55.7 Å². The van der Waals surface area contributed by atoms with Gasteiger partial charge in [-0.05, 0) is 72.7 Å². The number of hydrogen-bond donors (Lipinski definition) is 1. The molecule has 142 valence electrons. The van der Waals surface area contributed by atoms with E-state index >= 15 is 0 Å². The van der Waals surface area contributed by atoms with Gasteiger partial charge in [-0.2, -0.15) is 0 Å². The average molecular weight is 413 g/mol. The van der Waals surface area contributed by atoms with Gasteiger partial charge in [0.2, 0.25) is 15.7 Å². The fourth-order valence-electron chi connectivity index (χ4n) is 2.54. The summed E-state index contributed by atoms with van der Waals surface area (Å²) in [5.74, 6) is -0.329. The zero-order valence-electron chi connectivity index (χ0n) is 15.0. The molecule has 0 saturated heterocycles. The molecule has 28 heavy (non-hydrogen) atoms. The topological polar surface area (TPSA) is 76.1 Å². The smallest absolute Gasteiger partial charge is 0.248 e. The zero-order chi connectivity index (χ0) is 20.1. The Morgan fingerprint density at radius 3 is 2.46 bits per heavy atom. The Kier molecular flexibility index (Phi) is 5.92. The molecule has 2 aromatic carbocycles. The molecule has 0 spiro atoms. The molecule has 1 amide bonds. The summed E-state index contributed by atoms with van der Waals surface area (Å²) in [6.07, 6.45) is 6.32. The first-order valence-corrected chi connectivity index (χ1v) is 10.2. The summed E-state index contributed by atoms with van der Waals surface area (Å²) in [5, 5.41) is 3.05. The maximum atomic E-state index is 12.8. The number of pyridine rings is 1. The van der Waals surface area contributed by atoms with Gasteiger partial charge in [0.05, 0.1) is 9.79 Å². The van der Waals surface area contributed by atoms with Crippen molar-refractivity contribution in [2.75, 3.05) is 5.32 Å². The van der Waals surface area contributed by atoms with Gasteiger partial charge in [0.25, 0.3) is 0 Å². The van der Waals surface area contributed by atoms with E-state index in [2.05, 4.69) is 10.3 Å². The van der Waals surface area contributed by atoms with Crippen LogP contribution in [0, 0.1) is 6.92 Å². The van der Waals surface area contributed by atoms with Crippen LogP contribution in [-0.4, -0.2) is 19.3 Å². The van der Waals surface area contributed by atoms with Crippen molar-refractivity contribution in [3.05, 3.63) is 89.2 Å². The van der Waals surface area contributed by atoms with E-state index in [-0.39, 0.29) is 15.7 Å². The molecule has 0 saturated carbocycles. The third-order valence-electron chi connectivity index (χ3n) is 3.87. The number of carbonyl (C=O) groups is 1. The normalized spacial score (nSPS) is 11.5. The molecule has 0 aliphatic heterocycles. The highest BCUT2D eigenvalue weighted by atomic mass is 35.5. The Morgan fingerprint density at radius 2 is 1.82 bits per heavy atom. The lowest BCUT2D eigenvalue weighted by Crippen LogP contribution is -2.08. The van der Waals surface area contributed by atoms with E-state index in [0.717, 1.165) is 11.1 Å². The number of hydrogen-bond acceptors (Lipinski definition) is 4. The quantitative estimate of drug-likeness (QED) is 0.624. The lowest BCUT2D eigenvalue weighted by molar-refractivity contribution is -0.111. The molecular weight excluding hydrogens is 396 g/mol. The molecule has 0 fully saturated rings. The largest absolute Gasteiger partial charge is 0.323 e. The van der Waals surface area contributed by atoms with E-state index in [9.17, 15) is 13.2 Å². The summed E-state index contributed by atoms with van der Waals surface area (Å²) in [6.45, 7) is 1.78. The number of carbonyl (C=O) groups excluding carboxylic acids is 1. The predicted octanol–water partition coefficient (Wildman–Crippen LogP) is 4.53. The number of benzene rings is 2. The highest BCUT2D eigenvalue weighted by Crippen LogP contribution is 2.26. The minimum Gasteiger partial charge on any atom is -0.323 e. The Balaban J connectivity index is 1.74. The molecule has 0 bridgehead atoms. The lowest BCUT2D eigenvalue weighted by Gasteiger charge is -2.08. The van der Waals surface area contributed by atoms with Crippen molar-refractivity contribution in [2.45, 2.75) is 16.7 Å². The molecule has 7 heteroatoms. The van der Waals surface area contributed by atoms with Gasteiger partial charge in [0.1, 0.15) is 0 Å². The Hall–Kier alpha value is -2.96. The monoisotopic (exact) mass is 412 g/mol. The van der Waals surface area contributed by atoms with Gasteiger partial charge >= 0.3 is 0 Å². The van der Waals surface area contributed by atoms with Crippen molar-refractivity contribution in [3.63, 3.8) is 0 Å². The van der Waals surface area contributed by atoms with Gasteiger partial charge < -0.3 is 5.32 Å². The van der Waals surface area contributed by atoms with Gasteiger partial charge in [0, 0.05) is 29.2 Å². The number of anilines is 1. The van der Waals surface area contributed by atoms with Gasteiger partial charge in [0.15, 0.2) is 0 Å². The van der Waals surface area contributed by atoms with E-state index in [0.29, 0.717) is 10.7 Å². The van der Waals surface area contributed by atoms with Crippen LogP contribution in [0.25, 0.3) is 6.08 Å². The Labute approximate surface area is 168 Å². The number of halogens is 1. The van der Waals surface area contributed by atoms with Crippen LogP contribution in [0.1, 0.15) is 11.1 Å². The number of sulfone groups is 1. The average Bonchev–Trinajstić information content (AvgIpc) is 2.67. The molecule has 5 nitrogen and oxygen atoms in total. The highest BCUT2D eigenvalue weighted by molar-refractivity contribution is 7.91. The molecule has 1 heterocycles. The summed E-state index contributed by atoms with van der Waals surface area (Å²) < 4.78 is 25.5. The van der Waals surface area contributed by atoms with E-state index in [1.807, 2.05) is 6.07 Å². The number of nitrogens with one attached hydrogen (secondary N) is 1. The number of amides is 1. The molecule has 0 aliphatic carbocycles. The van der Waals surface area contributed by atoms with Crippen LogP contribution in [0.2, 0.25) is 5.02 Å². The van der Waals surface area contributed by atoms with Crippen LogP contribution in [-0.2, 0) is 14.6 Å². The maximum absolute atomic E-state index is 12.8. The maximum Gasteiger partial charge on any atom is 0.248 e. The van der Waals surface area contributed by atoms with E-state index < -0.39 is 9.84 Å². The second kappa shape index (κ2) is 8.37. The fraction of sp³-hybridized carbons (Fsp3) is 0.0476. The fourth-order valence-corrected chi connectivity index (χ4v) is 4.29. The standard InChI is InChI=1S/C21H17ClN2O3S/c1-15-11-17(22)13-20(12-15)28(26,27)19-7-5-18(6-8-19)24-21(25)9-4-16-3-2-10-23-14-16/h2-14H,1H3,(H,24,25). The molecule has 3 rings (SSSR count). The van der Waals surface area contributed by atoms with Gasteiger partial charge in [-0.3, -0.25) is 9.78 Å². The van der Waals surface area contributed by atoms with Gasteiger partial charge in [-0.25, -0.2) is 8.42 Å². The van der Waals surface area contributed by atoms with Crippen molar-refractivity contribution < 1.29 is 13.2 Å². The SMILES string of the molecule is Cc1cc(Cl)cc(S(=O)(=O)c2ccc(NC(=O)C=Cc3cccnc3)cc2)c1. The van der Waals surface area contributed by atoms with Crippen LogP contribution in [0.4, 0.5) is 5.69 Å². The number of nitrogens with zero attached hydrogens (tertiary/aromatic N) is 1. The summed E-state index contributed by atoms with van der Waals surface area (Å²) >= 11 is 5.98. The van der Waals surface area contributed by atoms with Crippen molar-refractivity contribution in [1.29, 1.82) is 0 Å². The molecule has 1 N–H and O–H groups in total. The summed E-state index contributed by atoms with van der Waals surface area (Å²) in [5.41, 5.74) is 2.05. The summed E-state index contributed by atoms with van der Waals surface area (Å²) in [7, 11) is -3.69. The number of aromatic nitrogens is 1. The molecule has 0 aliphatic rings. The molecule has 0 unspecified atom stereocenters. The Bertz CT molecular complexity index is 1110. The number of rotatable bonds is 5. The van der Waals surface area contributed by atoms with Crippen molar-refractivity contribution in [1.82, 2.24) is 4.98 Å². The van der Waals surface area contributed by atoms with Crippen LogP contribution in [0.15, 0.2) is 82.9 Å². The van der Waals surface area contributed by atoms with Gasteiger partial charge in [-0.15, -0.1) is 0 Å². The third kappa shape index (κ3) is 4.85. The van der Waals surface area contributed by atoms with Crippen LogP contribution in [0.3, 0.4) is 0 Å².